The Kier molecular flexibility index (Phi) is 6.87. The van der Waals surface area contributed by atoms with E-state index in [0.29, 0.717) is 16.8 Å². The van der Waals surface area contributed by atoms with E-state index in [1.54, 1.807) is 18.2 Å². The van der Waals surface area contributed by atoms with Crippen molar-refractivity contribution < 1.29 is 13.2 Å². The molecule has 136 valence electrons. The summed E-state index contributed by atoms with van der Waals surface area (Å²) in [4.78, 5) is 2.18. The van der Waals surface area contributed by atoms with Gasteiger partial charge >= 0.3 is 0 Å². The molecule has 0 saturated heterocycles. The van der Waals surface area contributed by atoms with Gasteiger partial charge in [-0.15, -0.1) is 0 Å². The molecule has 2 rings (SSSR count). The zero-order valence-corrected chi connectivity index (χ0v) is 17.0. The molecule has 0 amide bonds. The third-order valence-corrected chi connectivity index (χ3v) is 5.78. The first-order valence-corrected chi connectivity index (χ1v) is 10.2. The number of halogens is 1. The number of anilines is 1. The first-order valence-electron chi connectivity index (χ1n) is 7.93. The fraction of sp³-hybridized carbons (Fsp3) is 0.333. The minimum absolute atomic E-state index is 0.139. The van der Waals surface area contributed by atoms with Gasteiger partial charge in [-0.2, -0.15) is 0 Å². The Morgan fingerprint density at radius 2 is 1.80 bits per heavy atom. The van der Waals surface area contributed by atoms with Gasteiger partial charge in [-0.1, -0.05) is 28.1 Å². The quantitative estimate of drug-likeness (QED) is 0.656. The van der Waals surface area contributed by atoms with Gasteiger partial charge in [0.2, 0.25) is 10.0 Å². The molecular formula is C18H23BrN2O3S. The van der Waals surface area contributed by atoms with Gasteiger partial charge < -0.3 is 9.64 Å². The van der Waals surface area contributed by atoms with Gasteiger partial charge in [0.15, 0.2) is 0 Å². The zero-order chi connectivity index (χ0) is 18.4. The van der Waals surface area contributed by atoms with Crippen LogP contribution in [0.15, 0.2) is 51.8 Å². The Balaban J connectivity index is 1.93. The molecule has 0 unspecified atom stereocenters. The maximum atomic E-state index is 12.5. The molecule has 7 heteroatoms. The molecular weight excluding hydrogens is 404 g/mol. The van der Waals surface area contributed by atoms with Crippen LogP contribution in [0, 0.1) is 0 Å². The van der Waals surface area contributed by atoms with E-state index in [1.165, 1.54) is 12.7 Å². The fourth-order valence-electron chi connectivity index (χ4n) is 2.40. The molecule has 0 radical (unpaired) electrons. The van der Waals surface area contributed by atoms with E-state index < -0.39 is 10.0 Å². The molecule has 0 aromatic heterocycles. The Morgan fingerprint density at radius 3 is 2.40 bits per heavy atom. The van der Waals surface area contributed by atoms with Gasteiger partial charge in [0, 0.05) is 30.8 Å². The summed E-state index contributed by atoms with van der Waals surface area (Å²) in [5, 5.41) is 0. The number of hydrogen-bond acceptors (Lipinski definition) is 4. The third kappa shape index (κ3) is 5.45. The van der Waals surface area contributed by atoms with Crippen LogP contribution in [0.1, 0.15) is 12.0 Å². The molecule has 0 fully saturated rings. The topological polar surface area (TPSA) is 58.6 Å². The van der Waals surface area contributed by atoms with E-state index in [1.807, 2.05) is 19.0 Å². The Morgan fingerprint density at radius 1 is 1.12 bits per heavy atom. The molecule has 25 heavy (non-hydrogen) atoms. The van der Waals surface area contributed by atoms with Gasteiger partial charge in [0.1, 0.15) is 10.6 Å². The molecule has 0 aliphatic heterocycles. The van der Waals surface area contributed by atoms with Crippen LogP contribution in [-0.2, 0) is 16.4 Å². The van der Waals surface area contributed by atoms with Crippen molar-refractivity contribution in [3.63, 3.8) is 0 Å². The van der Waals surface area contributed by atoms with Crippen molar-refractivity contribution in [3.8, 4) is 5.75 Å². The molecule has 0 heterocycles. The second-order valence-electron chi connectivity index (χ2n) is 5.86. The monoisotopic (exact) mass is 426 g/mol. The minimum Gasteiger partial charge on any atom is -0.495 e. The third-order valence-electron chi connectivity index (χ3n) is 3.80. The first-order chi connectivity index (χ1) is 11.8. The van der Waals surface area contributed by atoms with Crippen LogP contribution in [0.25, 0.3) is 0 Å². The van der Waals surface area contributed by atoms with Crippen molar-refractivity contribution >= 4 is 31.6 Å². The number of benzene rings is 2. The summed E-state index contributed by atoms with van der Waals surface area (Å²) < 4.78 is 33.4. The minimum atomic E-state index is -3.61. The van der Waals surface area contributed by atoms with Crippen LogP contribution in [0.2, 0.25) is 0 Å². The van der Waals surface area contributed by atoms with E-state index in [4.69, 9.17) is 4.74 Å². The number of rotatable bonds is 8. The molecule has 5 nitrogen and oxygen atoms in total. The van der Waals surface area contributed by atoms with Crippen molar-refractivity contribution in [2.24, 2.45) is 0 Å². The number of nitrogens with one attached hydrogen (secondary N) is 1. The second kappa shape index (κ2) is 8.69. The standard InChI is InChI=1S/C18H23BrN2O3S/c1-21(2)16-9-6-14(7-10-16)5-4-12-20-25(22,23)18-13-15(19)8-11-17(18)24-3/h6-11,13,20H,4-5,12H2,1-3H3. The number of aryl methyl sites for hydroxylation is 1. The predicted octanol–water partition coefficient (Wildman–Crippen LogP) is 3.43. The van der Waals surface area contributed by atoms with E-state index in [9.17, 15) is 8.42 Å². The zero-order valence-electron chi connectivity index (χ0n) is 14.6. The molecule has 2 aromatic rings. The molecule has 0 atom stereocenters. The maximum Gasteiger partial charge on any atom is 0.244 e. The van der Waals surface area contributed by atoms with E-state index in [2.05, 4.69) is 44.9 Å². The number of sulfonamides is 1. The Labute approximate surface area is 158 Å². The second-order valence-corrected chi connectivity index (χ2v) is 8.51. The van der Waals surface area contributed by atoms with Crippen LogP contribution < -0.4 is 14.4 Å². The average Bonchev–Trinajstić information content (AvgIpc) is 2.59. The van der Waals surface area contributed by atoms with Crippen molar-refractivity contribution in [2.45, 2.75) is 17.7 Å². The summed E-state index contributed by atoms with van der Waals surface area (Å²) in [5.41, 5.74) is 2.33. The summed E-state index contributed by atoms with van der Waals surface area (Å²) in [7, 11) is 1.85. The largest absolute Gasteiger partial charge is 0.495 e. The van der Waals surface area contributed by atoms with E-state index in [0.717, 1.165) is 18.5 Å². The lowest BCUT2D eigenvalue weighted by Crippen LogP contribution is -2.25. The fourth-order valence-corrected chi connectivity index (χ4v) is 4.18. The molecule has 1 N–H and O–H groups in total. The molecule has 0 saturated carbocycles. The molecule has 2 aromatic carbocycles. The summed E-state index contributed by atoms with van der Waals surface area (Å²) in [6.45, 7) is 0.368. The van der Waals surface area contributed by atoms with Crippen molar-refractivity contribution in [1.82, 2.24) is 4.72 Å². The lowest BCUT2D eigenvalue weighted by Gasteiger charge is -2.13. The predicted molar refractivity (Wildman–Crippen MR) is 105 cm³/mol. The highest BCUT2D eigenvalue weighted by Crippen LogP contribution is 2.27. The van der Waals surface area contributed by atoms with E-state index >= 15 is 0 Å². The SMILES string of the molecule is COc1ccc(Br)cc1S(=O)(=O)NCCCc1ccc(N(C)C)cc1. The highest BCUT2D eigenvalue weighted by atomic mass is 79.9. The van der Waals surface area contributed by atoms with Crippen LogP contribution in [-0.4, -0.2) is 36.2 Å². The smallest absolute Gasteiger partial charge is 0.244 e. The number of nitrogens with zero attached hydrogens (tertiary/aromatic N) is 1. The summed E-state index contributed by atoms with van der Waals surface area (Å²) in [6, 6.07) is 13.2. The molecule has 0 bridgehead atoms. The van der Waals surface area contributed by atoms with Crippen LogP contribution in [0.3, 0.4) is 0 Å². The number of methoxy groups -OCH3 is 1. The van der Waals surface area contributed by atoms with E-state index in [-0.39, 0.29) is 4.90 Å². The van der Waals surface area contributed by atoms with Gasteiger partial charge in [0.25, 0.3) is 0 Å². The van der Waals surface area contributed by atoms with Gasteiger partial charge in [-0.25, -0.2) is 13.1 Å². The highest BCUT2D eigenvalue weighted by molar-refractivity contribution is 9.10. The van der Waals surface area contributed by atoms with Crippen LogP contribution in [0.5, 0.6) is 5.75 Å². The summed E-state index contributed by atoms with van der Waals surface area (Å²) >= 11 is 3.30. The maximum absolute atomic E-state index is 12.5. The van der Waals surface area contributed by atoms with Crippen LogP contribution in [0.4, 0.5) is 5.69 Å². The van der Waals surface area contributed by atoms with Crippen molar-refractivity contribution in [2.75, 3.05) is 32.6 Å². The lowest BCUT2D eigenvalue weighted by molar-refractivity contribution is 0.402. The molecule has 0 spiro atoms. The van der Waals surface area contributed by atoms with Gasteiger partial charge in [0.05, 0.1) is 7.11 Å². The number of ether oxygens (including phenoxy) is 1. The lowest BCUT2D eigenvalue weighted by atomic mass is 10.1. The first kappa shape index (κ1) is 19.8. The van der Waals surface area contributed by atoms with Crippen LogP contribution >= 0.6 is 15.9 Å². The number of hydrogen-bond donors (Lipinski definition) is 1. The Hall–Kier alpha value is -1.57. The van der Waals surface area contributed by atoms with Crippen molar-refractivity contribution in [3.05, 3.63) is 52.5 Å². The molecule has 0 aliphatic rings. The Bertz CT molecular complexity index is 806. The van der Waals surface area contributed by atoms with Crippen molar-refractivity contribution in [1.29, 1.82) is 0 Å². The molecule has 0 aliphatic carbocycles. The van der Waals surface area contributed by atoms with Gasteiger partial charge in [-0.05, 0) is 48.7 Å². The summed E-state index contributed by atoms with van der Waals surface area (Å²) in [6.07, 6.45) is 1.53. The normalized spacial score (nSPS) is 11.4. The summed E-state index contributed by atoms with van der Waals surface area (Å²) in [5.74, 6) is 0.329. The average molecular weight is 427 g/mol. The highest BCUT2D eigenvalue weighted by Gasteiger charge is 2.19. The van der Waals surface area contributed by atoms with Gasteiger partial charge in [-0.3, -0.25) is 0 Å².